The van der Waals surface area contributed by atoms with E-state index in [2.05, 4.69) is 0 Å². The van der Waals surface area contributed by atoms with Crippen molar-refractivity contribution in [2.75, 3.05) is 0 Å². The number of amides is 1. The van der Waals surface area contributed by atoms with Crippen LogP contribution < -0.4 is 0 Å². The monoisotopic (exact) mass is 335 g/mol. The van der Waals surface area contributed by atoms with E-state index in [1.807, 2.05) is 31.2 Å². The lowest BCUT2D eigenvalue weighted by Crippen LogP contribution is -2.47. The number of ether oxygens (including phenoxy) is 2. The number of carbonyl (C=O) groups is 2. The van der Waals surface area contributed by atoms with Gasteiger partial charge in [0.2, 0.25) is 0 Å². The van der Waals surface area contributed by atoms with Gasteiger partial charge in [-0.05, 0) is 47.1 Å². The van der Waals surface area contributed by atoms with E-state index >= 15 is 0 Å². The Morgan fingerprint density at radius 1 is 1.21 bits per heavy atom. The van der Waals surface area contributed by atoms with Gasteiger partial charge in [0.25, 0.3) is 0 Å². The van der Waals surface area contributed by atoms with Gasteiger partial charge in [0.1, 0.15) is 17.4 Å². The third-order valence-electron chi connectivity index (χ3n) is 3.81. The molecule has 1 N–H and O–H groups in total. The summed E-state index contributed by atoms with van der Waals surface area (Å²) in [6.07, 6.45) is -1.75. The van der Waals surface area contributed by atoms with Crippen LogP contribution in [-0.2, 0) is 14.3 Å². The molecule has 1 aliphatic heterocycles. The summed E-state index contributed by atoms with van der Waals surface area (Å²) < 4.78 is 11.2. The number of hydrogen-bond acceptors (Lipinski definition) is 4. The minimum Gasteiger partial charge on any atom is -0.479 e. The van der Waals surface area contributed by atoms with Gasteiger partial charge in [0.15, 0.2) is 6.10 Å². The fourth-order valence-electron chi connectivity index (χ4n) is 2.82. The summed E-state index contributed by atoms with van der Waals surface area (Å²) in [6, 6.07) is 6.64. The van der Waals surface area contributed by atoms with Crippen molar-refractivity contribution >= 4 is 12.1 Å². The molecule has 2 atom stereocenters. The van der Waals surface area contributed by atoms with Crippen molar-refractivity contribution in [2.45, 2.75) is 65.0 Å². The minimum atomic E-state index is -1.16. The second-order valence-corrected chi connectivity index (χ2v) is 7.53. The normalized spacial score (nSPS) is 23.2. The molecule has 1 aromatic carbocycles. The number of hydrogen-bond donors (Lipinski definition) is 1. The lowest BCUT2D eigenvalue weighted by molar-refractivity contribution is -0.155. The highest BCUT2D eigenvalue weighted by molar-refractivity contribution is 5.78. The smallest absolute Gasteiger partial charge is 0.413 e. The lowest BCUT2D eigenvalue weighted by Gasteiger charge is -2.35. The largest absolute Gasteiger partial charge is 0.479 e. The number of rotatable bonds is 2. The molecule has 1 aromatic rings. The van der Waals surface area contributed by atoms with Gasteiger partial charge in [0, 0.05) is 0 Å². The molecule has 0 bridgehead atoms. The first-order chi connectivity index (χ1) is 10.9. The van der Waals surface area contributed by atoms with E-state index in [-0.39, 0.29) is 0 Å². The Kier molecular flexibility index (Phi) is 4.63. The van der Waals surface area contributed by atoms with Gasteiger partial charge in [0.05, 0.1) is 0 Å². The van der Waals surface area contributed by atoms with Crippen LogP contribution in [0.25, 0.3) is 0 Å². The van der Waals surface area contributed by atoms with Crippen molar-refractivity contribution in [1.82, 2.24) is 4.90 Å². The molecule has 6 nitrogen and oxygen atoms in total. The predicted octanol–water partition coefficient (Wildman–Crippen LogP) is 3.49. The fourth-order valence-corrected chi connectivity index (χ4v) is 2.82. The van der Waals surface area contributed by atoms with E-state index in [0.717, 1.165) is 5.56 Å². The molecule has 0 aliphatic carbocycles. The SMILES string of the molecule is Cc1ccc([C@H]2C(C(=O)O)OC(C)(C)N2C(=O)OC(C)(C)C)cc1. The van der Waals surface area contributed by atoms with Crippen LogP contribution in [0.1, 0.15) is 51.8 Å². The van der Waals surface area contributed by atoms with Gasteiger partial charge in [-0.2, -0.15) is 0 Å². The topological polar surface area (TPSA) is 76.1 Å². The highest BCUT2D eigenvalue weighted by atomic mass is 16.6. The standard InChI is InChI=1S/C18H25NO5/c1-11-7-9-12(10-8-11)13-14(15(20)21)23-18(5,6)19(13)16(22)24-17(2,3)4/h7-10,13-14H,1-6H3,(H,20,21)/t13-,14?/m0/s1. The molecule has 0 radical (unpaired) electrons. The minimum absolute atomic E-state index is 0.596. The molecule has 24 heavy (non-hydrogen) atoms. The summed E-state index contributed by atoms with van der Waals surface area (Å²) in [4.78, 5) is 25.8. The fraction of sp³-hybridized carbons (Fsp3) is 0.556. The number of carboxylic acids is 1. The quantitative estimate of drug-likeness (QED) is 0.895. The van der Waals surface area contributed by atoms with Crippen LogP contribution >= 0.6 is 0 Å². The average Bonchev–Trinajstić information content (AvgIpc) is 2.69. The molecule has 0 spiro atoms. The molecule has 1 unspecified atom stereocenters. The van der Waals surface area contributed by atoms with E-state index in [1.165, 1.54) is 4.90 Å². The lowest BCUT2D eigenvalue weighted by atomic mass is 9.99. The van der Waals surface area contributed by atoms with Crippen molar-refractivity contribution in [3.05, 3.63) is 35.4 Å². The maximum Gasteiger partial charge on any atom is 0.413 e. The molecule has 6 heteroatoms. The number of carboxylic acid groups (broad SMARTS) is 1. The molecule has 1 fully saturated rings. The Labute approximate surface area is 142 Å². The van der Waals surface area contributed by atoms with Crippen LogP contribution in [0.2, 0.25) is 0 Å². The van der Waals surface area contributed by atoms with Crippen LogP contribution in [0.5, 0.6) is 0 Å². The molecule has 1 amide bonds. The van der Waals surface area contributed by atoms with Crippen LogP contribution in [-0.4, -0.2) is 39.5 Å². The summed E-state index contributed by atoms with van der Waals surface area (Å²) in [5.41, 5.74) is -0.0372. The third kappa shape index (κ3) is 3.70. The Balaban J connectivity index is 2.47. The maximum atomic E-state index is 12.7. The Morgan fingerprint density at radius 2 is 1.75 bits per heavy atom. The summed E-state index contributed by atoms with van der Waals surface area (Å²) in [7, 11) is 0. The van der Waals surface area contributed by atoms with Crippen molar-refractivity contribution in [1.29, 1.82) is 0 Å². The van der Waals surface area contributed by atoms with E-state index in [1.54, 1.807) is 34.6 Å². The number of aliphatic carboxylic acids is 1. The molecule has 132 valence electrons. The van der Waals surface area contributed by atoms with Crippen molar-refractivity contribution in [3.8, 4) is 0 Å². The van der Waals surface area contributed by atoms with Gasteiger partial charge in [-0.25, -0.2) is 9.59 Å². The summed E-state index contributed by atoms with van der Waals surface area (Å²) in [6.45, 7) is 10.6. The molecule has 2 rings (SSSR count). The van der Waals surface area contributed by atoms with E-state index < -0.39 is 35.5 Å². The zero-order chi connectivity index (χ0) is 18.3. The summed E-state index contributed by atoms with van der Waals surface area (Å²) >= 11 is 0. The van der Waals surface area contributed by atoms with Crippen molar-refractivity contribution in [3.63, 3.8) is 0 Å². The van der Waals surface area contributed by atoms with Crippen LogP contribution in [0, 0.1) is 6.92 Å². The Morgan fingerprint density at radius 3 is 2.21 bits per heavy atom. The molecular weight excluding hydrogens is 310 g/mol. The summed E-state index contributed by atoms with van der Waals surface area (Å²) in [5.74, 6) is -1.11. The maximum absolute atomic E-state index is 12.7. The molecule has 0 saturated carbocycles. The first kappa shape index (κ1) is 18.3. The van der Waals surface area contributed by atoms with E-state index in [0.29, 0.717) is 5.56 Å². The second-order valence-electron chi connectivity index (χ2n) is 7.53. The van der Waals surface area contributed by atoms with Gasteiger partial charge < -0.3 is 14.6 Å². The van der Waals surface area contributed by atoms with E-state index in [9.17, 15) is 14.7 Å². The van der Waals surface area contributed by atoms with Crippen LogP contribution in [0.15, 0.2) is 24.3 Å². The first-order valence-electron chi connectivity index (χ1n) is 7.92. The summed E-state index contributed by atoms with van der Waals surface area (Å²) in [5, 5.41) is 9.56. The zero-order valence-corrected chi connectivity index (χ0v) is 15.0. The molecule has 1 saturated heterocycles. The number of benzene rings is 1. The molecular formula is C18H25NO5. The zero-order valence-electron chi connectivity index (χ0n) is 15.0. The van der Waals surface area contributed by atoms with Crippen molar-refractivity contribution in [2.24, 2.45) is 0 Å². The van der Waals surface area contributed by atoms with E-state index in [4.69, 9.17) is 9.47 Å². The van der Waals surface area contributed by atoms with Gasteiger partial charge >= 0.3 is 12.1 Å². The van der Waals surface area contributed by atoms with Gasteiger partial charge in [-0.15, -0.1) is 0 Å². The van der Waals surface area contributed by atoms with Crippen LogP contribution in [0.4, 0.5) is 4.79 Å². The average molecular weight is 335 g/mol. The first-order valence-corrected chi connectivity index (χ1v) is 7.92. The second kappa shape index (κ2) is 6.09. The number of carbonyl (C=O) groups excluding carboxylic acids is 1. The highest BCUT2D eigenvalue weighted by Crippen LogP contribution is 2.42. The number of nitrogens with zero attached hydrogens (tertiary/aromatic N) is 1. The predicted molar refractivity (Wildman–Crippen MR) is 88.6 cm³/mol. The third-order valence-corrected chi connectivity index (χ3v) is 3.81. The molecule has 1 aliphatic rings. The number of aryl methyl sites for hydroxylation is 1. The highest BCUT2D eigenvalue weighted by Gasteiger charge is 2.54. The molecule has 1 heterocycles. The van der Waals surface area contributed by atoms with Crippen LogP contribution in [0.3, 0.4) is 0 Å². The Bertz CT molecular complexity index is 630. The van der Waals surface area contributed by atoms with Gasteiger partial charge in [-0.1, -0.05) is 29.8 Å². The Hall–Kier alpha value is -2.08. The molecule has 0 aromatic heterocycles. The van der Waals surface area contributed by atoms with Crippen molar-refractivity contribution < 1.29 is 24.2 Å². The van der Waals surface area contributed by atoms with Gasteiger partial charge in [-0.3, -0.25) is 4.90 Å².